The zero-order valence-electron chi connectivity index (χ0n) is 8.82. The van der Waals surface area contributed by atoms with Crippen LogP contribution in [0.3, 0.4) is 0 Å². The van der Waals surface area contributed by atoms with Gasteiger partial charge in [-0.15, -0.1) is 0 Å². The number of methoxy groups -OCH3 is 1. The summed E-state index contributed by atoms with van der Waals surface area (Å²) in [5, 5.41) is 3.42. The first-order chi connectivity index (χ1) is 7.40. The molecule has 0 aromatic heterocycles. The maximum atomic E-state index is 5.76. The van der Waals surface area contributed by atoms with Crippen LogP contribution in [0.2, 0.25) is 0 Å². The van der Waals surface area contributed by atoms with Gasteiger partial charge in [-0.25, -0.2) is 0 Å². The minimum absolute atomic E-state index is 0.560. The molecule has 0 aliphatic carbocycles. The van der Waals surface area contributed by atoms with Crippen molar-refractivity contribution in [3.8, 4) is 11.5 Å². The predicted octanol–water partition coefficient (Wildman–Crippen LogP) is 1.39. The highest BCUT2D eigenvalue weighted by Gasteiger charge is 2.36. The average Bonchev–Trinajstić information content (AvgIpc) is 2.76. The van der Waals surface area contributed by atoms with Crippen molar-refractivity contribution in [2.24, 2.45) is 5.92 Å². The van der Waals surface area contributed by atoms with Crippen molar-refractivity contribution >= 4 is 0 Å². The Labute approximate surface area is 89.4 Å². The van der Waals surface area contributed by atoms with Gasteiger partial charge in [-0.05, 0) is 12.1 Å². The van der Waals surface area contributed by atoms with E-state index in [1.54, 1.807) is 7.11 Å². The number of fused-ring (bicyclic) bond motifs is 3. The van der Waals surface area contributed by atoms with E-state index in [1.165, 1.54) is 5.56 Å². The molecular formula is C12H15NO2. The summed E-state index contributed by atoms with van der Waals surface area (Å²) >= 11 is 0. The molecule has 0 amide bonds. The lowest BCUT2D eigenvalue weighted by Crippen LogP contribution is -2.25. The van der Waals surface area contributed by atoms with E-state index in [-0.39, 0.29) is 0 Å². The highest BCUT2D eigenvalue weighted by molar-refractivity contribution is 5.49. The summed E-state index contributed by atoms with van der Waals surface area (Å²) < 4.78 is 11.2. The minimum Gasteiger partial charge on any atom is -0.496 e. The molecule has 1 fully saturated rings. The molecule has 1 aromatic carbocycles. The lowest BCUT2D eigenvalue weighted by Gasteiger charge is -2.29. The average molecular weight is 205 g/mol. The van der Waals surface area contributed by atoms with Gasteiger partial charge in [0.1, 0.15) is 11.5 Å². The second-order valence-corrected chi connectivity index (χ2v) is 4.21. The van der Waals surface area contributed by atoms with E-state index in [0.717, 1.165) is 31.2 Å². The van der Waals surface area contributed by atoms with Crippen molar-refractivity contribution in [3.05, 3.63) is 23.8 Å². The fraction of sp³-hybridized carbons (Fsp3) is 0.500. The normalized spacial score (nSPS) is 27.8. The largest absolute Gasteiger partial charge is 0.496 e. The van der Waals surface area contributed by atoms with Gasteiger partial charge in [0.15, 0.2) is 0 Å². The van der Waals surface area contributed by atoms with E-state index in [1.807, 2.05) is 18.2 Å². The van der Waals surface area contributed by atoms with Crippen LogP contribution in [0.5, 0.6) is 11.5 Å². The van der Waals surface area contributed by atoms with Crippen LogP contribution in [-0.2, 0) is 0 Å². The highest BCUT2D eigenvalue weighted by atomic mass is 16.5. The number of hydrogen-bond donors (Lipinski definition) is 1. The predicted molar refractivity (Wildman–Crippen MR) is 57.6 cm³/mol. The lowest BCUT2D eigenvalue weighted by molar-refractivity contribution is 0.215. The van der Waals surface area contributed by atoms with Gasteiger partial charge in [0.25, 0.3) is 0 Å². The van der Waals surface area contributed by atoms with Gasteiger partial charge in [0, 0.05) is 30.5 Å². The summed E-state index contributed by atoms with van der Waals surface area (Å²) in [6, 6.07) is 6.04. The molecule has 1 saturated heterocycles. The molecule has 2 aliphatic heterocycles. The SMILES string of the molecule is COc1cccc2c1[C@@H]1CNC[C@H]1CO2. The molecule has 2 heterocycles. The van der Waals surface area contributed by atoms with Crippen LogP contribution in [0, 0.1) is 5.92 Å². The summed E-state index contributed by atoms with van der Waals surface area (Å²) in [5.74, 6) is 3.13. The zero-order valence-corrected chi connectivity index (χ0v) is 8.82. The topological polar surface area (TPSA) is 30.5 Å². The summed E-state index contributed by atoms with van der Waals surface area (Å²) in [7, 11) is 1.72. The summed E-state index contributed by atoms with van der Waals surface area (Å²) in [6.07, 6.45) is 0. The second kappa shape index (κ2) is 3.42. The van der Waals surface area contributed by atoms with Crippen molar-refractivity contribution < 1.29 is 9.47 Å². The van der Waals surface area contributed by atoms with E-state index in [0.29, 0.717) is 11.8 Å². The summed E-state index contributed by atoms with van der Waals surface area (Å²) in [5.41, 5.74) is 1.25. The van der Waals surface area contributed by atoms with Gasteiger partial charge in [-0.3, -0.25) is 0 Å². The van der Waals surface area contributed by atoms with Crippen LogP contribution in [0.25, 0.3) is 0 Å². The minimum atomic E-state index is 0.560. The molecule has 15 heavy (non-hydrogen) atoms. The lowest BCUT2D eigenvalue weighted by atomic mass is 9.86. The van der Waals surface area contributed by atoms with E-state index >= 15 is 0 Å². The Kier molecular flexibility index (Phi) is 2.06. The molecule has 0 spiro atoms. The molecule has 2 atom stereocenters. The summed E-state index contributed by atoms with van der Waals surface area (Å²) in [4.78, 5) is 0. The van der Waals surface area contributed by atoms with Gasteiger partial charge >= 0.3 is 0 Å². The number of nitrogens with one attached hydrogen (secondary N) is 1. The van der Waals surface area contributed by atoms with Gasteiger partial charge in [0.05, 0.1) is 13.7 Å². The first-order valence-electron chi connectivity index (χ1n) is 5.40. The molecule has 0 radical (unpaired) electrons. The number of ether oxygens (including phenoxy) is 2. The van der Waals surface area contributed by atoms with Crippen molar-refractivity contribution in [2.75, 3.05) is 26.8 Å². The Balaban J connectivity index is 2.10. The number of benzene rings is 1. The van der Waals surface area contributed by atoms with Crippen molar-refractivity contribution in [3.63, 3.8) is 0 Å². The third kappa shape index (κ3) is 1.30. The number of rotatable bonds is 1. The maximum absolute atomic E-state index is 5.76. The van der Waals surface area contributed by atoms with E-state index < -0.39 is 0 Å². The zero-order chi connectivity index (χ0) is 10.3. The van der Waals surface area contributed by atoms with Gasteiger partial charge in [0.2, 0.25) is 0 Å². The van der Waals surface area contributed by atoms with E-state index in [2.05, 4.69) is 5.32 Å². The molecule has 80 valence electrons. The van der Waals surface area contributed by atoms with Gasteiger partial charge in [-0.1, -0.05) is 6.07 Å². The third-order valence-electron chi connectivity index (χ3n) is 3.41. The van der Waals surface area contributed by atoms with E-state index in [4.69, 9.17) is 9.47 Å². The molecule has 0 unspecified atom stereocenters. The van der Waals surface area contributed by atoms with Crippen molar-refractivity contribution in [1.82, 2.24) is 5.32 Å². The Bertz CT molecular complexity index is 364. The number of hydrogen-bond acceptors (Lipinski definition) is 3. The van der Waals surface area contributed by atoms with Crippen molar-refractivity contribution in [2.45, 2.75) is 5.92 Å². The van der Waals surface area contributed by atoms with Gasteiger partial charge in [-0.2, -0.15) is 0 Å². The Morgan fingerprint density at radius 1 is 1.40 bits per heavy atom. The first kappa shape index (κ1) is 9.04. The molecule has 0 saturated carbocycles. The van der Waals surface area contributed by atoms with Crippen molar-refractivity contribution in [1.29, 1.82) is 0 Å². The quantitative estimate of drug-likeness (QED) is 0.751. The van der Waals surface area contributed by atoms with Crippen LogP contribution in [-0.4, -0.2) is 26.8 Å². The second-order valence-electron chi connectivity index (χ2n) is 4.21. The van der Waals surface area contributed by atoms with Crippen LogP contribution < -0.4 is 14.8 Å². The highest BCUT2D eigenvalue weighted by Crippen LogP contribution is 2.43. The monoisotopic (exact) mass is 205 g/mol. The first-order valence-corrected chi connectivity index (χ1v) is 5.40. The molecule has 3 rings (SSSR count). The van der Waals surface area contributed by atoms with Crippen LogP contribution in [0.15, 0.2) is 18.2 Å². The fourth-order valence-corrected chi connectivity index (χ4v) is 2.64. The molecule has 2 aliphatic rings. The molecular weight excluding hydrogens is 190 g/mol. The van der Waals surface area contributed by atoms with Crippen LogP contribution >= 0.6 is 0 Å². The molecule has 3 heteroatoms. The molecule has 0 bridgehead atoms. The van der Waals surface area contributed by atoms with Gasteiger partial charge < -0.3 is 14.8 Å². The molecule has 1 N–H and O–H groups in total. The molecule has 3 nitrogen and oxygen atoms in total. The standard InChI is InChI=1S/C12H15NO2/c1-14-10-3-2-4-11-12(10)9-6-13-5-8(9)7-15-11/h2-4,8-9,13H,5-7H2,1H3/t8-,9+/m0/s1. The van der Waals surface area contributed by atoms with Crippen LogP contribution in [0.4, 0.5) is 0 Å². The van der Waals surface area contributed by atoms with E-state index in [9.17, 15) is 0 Å². The third-order valence-corrected chi connectivity index (χ3v) is 3.41. The maximum Gasteiger partial charge on any atom is 0.126 e. The summed E-state index contributed by atoms with van der Waals surface area (Å²) in [6.45, 7) is 2.93. The Hall–Kier alpha value is -1.22. The Morgan fingerprint density at radius 2 is 2.33 bits per heavy atom. The Morgan fingerprint density at radius 3 is 3.20 bits per heavy atom. The van der Waals surface area contributed by atoms with Crippen LogP contribution in [0.1, 0.15) is 11.5 Å². The molecule has 1 aromatic rings. The smallest absolute Gasteiger partial charge is 0.126 e. The fourth-order valence-electron chi connectivity index (χ4n) is 2.64.